The quantitative estimate of drug-likeness (QED) is 0.550. The van der Waals surface area contributed by atoms with Gasteiger partial charge in [-0.15, -0.1) is 0 Å². The molecule has 0 radical (unpaired) electrons. The lowest BCUT2D eigenvalue weighted by molar-refractivity contribution is -0.147. The minimum absolute atomic E-state index is 0.0250. The van der Waals surface area contributed by atoms with Crippen LogP contribution in [0.4, 0.5) is 0 Å². The molecule has 2 bridgehead atoms. The number of allylic oxidation sites excluding steroid dienone is 2. The van der Waals surface area contributed by atoms with E-state index in [-0.39, 0.29) is 11.4 Å². The molecule has 0 N–H and O–H groups in total. The van der Waals surface area contributed by atoms with Crippen molar-refractivity contribution in [3.8, 4) is 0 Å². The molecule has 2 fully saturated rings. The molecule has 0 amide bonds. The lowest BCUT2D eigenvalue weighted by Crippen LogP contribution is -2.22. The third kappa shape index (κ3) is 2.88. The van der Waals surface area contributed by atoms with E-state index in [1.807, 2.05) is 0 Å². The Kier molecular flexibility index (Phi) is 3.68. The zero-order chi connectivity index (χ0) is 13.3. The fourth-order valence-corrected chi connectivity index (χ4v) is 4.30. The second kappa shape index (κ2) is 5.30. The fourth-order valence-electron chi connectivity index (χ4n) is 4.30. The van der Waals surface area contributed by atoms with Crippen molar-refractivity contribution in [2.75, 3.05) is 6.61 Å². The first-order valence-electron chi connectivity index (χ1n) is 8.02. The summed E-state index contributed by atoms with van der Waals surface area (Å²) in [6.07, 6.45) is 14.2. The van der Waals surface area contributed by atoms with E-state index in [0.717, 1.165) is 11.8 Å². The smallest absolute Gasteiger partial charge is 0.306 e. The van der Waals surface area contributed by atoms with Crippen LogP contribution in [0.5, 0.6) is 0 Å². The molecule has 3 aliphatic carbocycles. The lowest BCUT2D eigenvalue weighted by Gasteiger charge is -2.23. The minimum Gasteiger partial charge on any atom is -0.465 e. The predicted molar refractivity (Wildman–Crippen MR) is 75.6 cm³/mol. The number of carbonyl (C=O) groups excluding carboxylic acids is 1. The topological polar surface area (TPSA) is 26.3 Å². The zero-order valence-electron chi connectivity index (χ0n) is 12.1. The number of fused-ring (bicyclic) bond motifs is 2. The van der Waals surface area contributed by atoms with E-state index in [9.17, 15) is 4.79 Å². The molecule has 2 heteroatoms. The van der Waals surface area contributed by atoms with Crippen molar-refractivity contribution in [3.05, 3.63) is 12.2 Å². The molecule has 3 aliphatic rings. The molecule has 19 heavy (non-hydrogen) atoms. The van der Waals surface area contributed by atoms with Crippen molar-refractivity contribution in [2.24, 2.45) is 23.2 Å². The van der Waals surface area contributed by atoms with E-state index in [2.05, 4.69) is 19.1 Å². The number of carbonyl (C=O) groups is 1. The molecule has 2 saturated carbocycles. The van der Waals surface area contributed by atoms with Gasteiger partial charge in [0.25, 0.3) is 0 Å². The number of hydrogen-bond donors (Lipinski definition) is 0. The van der Waals surface area contributed by atoms with Gasteiger partial charge in [-0.25, -0.2) is 0 Å². The highest BCUT2D eigenvalue weighted by Crippen LogP contribution is 2.51. The van der Waals surface area contributed by atoms with Gasteiger partial charge in [0, 0.05) is 0 Å². The number of ether oxygens (including phenoxy) is 1. The molecule has 106 valence electrons. The summed E-state index contributed by atoms with van der Waals surface area (Å²) >= 11 is 0. The Labute approximate surface area is 116 Å². The monoisotopic (exact) mass is 262 g/mol. The van der Waals surface area contributed by atoms with Crippen LogP contribution >= 0.6 is 0 Å². The lowest BCUT2D eigenvalue weighted by atomic mass is 9.84. The molecule has 0 spiro atoms. The second-order valence-electron chi connectivity index (χ2n) is 7.11. The summed E-state index contributed by atoms with van der Waals surface area (Å²) in [6.45, 7) is 2.87. The van der Waals surface area contributed by atoms with E-state index in [4.69, 9.17) is 4.74 Å². The first-order valence-corrected chi connectivity index (χ1v) is 8.02. The van der Waals surface area contributed by atoms with Gasteiger partial charge in [0.2, 0.25) is 0 Å². The zero-order valence-corrected chi connectivity index (χ0v) is 12.1. The number of hydrogen-bond acceptors (Lipinski definition) is 2. The van der Waals surface area contributed by atoms with Crippen molar-refractivity contribution >= 4 is 5.97 Å². The van der Waals surface area contributed by atoms with Gasteiger partial charge in [-0.2, -0.15) is 0 Å². The van der Waals surface area contributed by atoms with Gasteiger partial charge in [0.1, 0.15) is 0 Å². The van der Waals surface area contributed by atoms with E-state index in [1.165, 1.54) is 44.9 Å². The van der Waals surface area contributed by atoms with Crippen molar-refractivity contribution < 1.29 is 9.53 Å². The molecular formula is C17H26O2. The van der Waals surface area contributed by atoms with Crippen LogP contribution in [-0.4, -0.2) is 12.6 Å². The Balaban J connectivity index is 1.43. The molecule has 3 unspecified atom stereocenters. The first kappa shape index (κ1) is 13.2. The average molecular weight is 262 g/mol. The third-order valence-corrected chi connectivity index (χ3v) is 5.61. The van der Waals surface area contributed by atoms with Crippen molar-refractivity contribution in [1.29, 1.82) is 0 Å². The highest BCUT2D eigenvalue weighted by molar-refractivity contribution is 5.71. The van der Waals surface area contributed by atoms with E-state index in [1.54, 1.807) is 0 Å². The third-order valence-electron chi connectivity index (χ3n) is 5.61. The van der Waals surface area contributed by atoms with Gasteiger partial charge in [0.15, 0.2) is 0 Å². The minimum atomic E-state index is 0.0250. The Bertz CT molecular complexity index is 367. The molecule has 3 rings (SSSR count). The Hall–Kier alpha value is -0.790. The SMILES string of the molecule is CC(COC(=O)CC12C=CC(CC1)C2)C1CCCC1. The van der Waals surface area contributed by atoms with Gasteiger partial charge in [-0.05, 0) is 42.4 Å². The van der Waals surface area contributed by atoms with Crippen LogP contribution < -0.4 is 0 Å². The Morgan fingerprint density at radius 1 is 1.37 bits per heavy atom. The number of esters is 1. The molecule has 0 aromatic carbocycles. The molecular weight excluding hydrogens is 236 g/mol. The average Bonchev–Trinajstić information content (AvgIpc) is 3.11. The second-order valence-corrected chi connectivity index (χ2v) is 7.11. The number of rotatable bonds is 5. The Morgan fingerprint density at radius 3 is 2.74 bits per heavy atom. The van der Waals surface area contributed by atoms with Crippen LogP contribution in [0.15, 0.2) is 12.2 Å². The molecule has 0 aromatic heterocycles. The standard InChI is InChI=1S/C17H26O2/c1-13(15-4-2-3-5-15)12-19-16(18)11-17-8-6-14(10-17)7-9-17/h6,8,13-15H,2-5,7,9-12H2,1H3. The van der Waals surface area contributed by atoms with E-state index < -0.39 is 0 Å². The molecule has 0 aromatic rings. The van der Waals surface area contributed by atoms with Gasteiger partial charge >= 0.3 is 5.97 Å². The summed E-state index contributed by atoms with van der Waals surface area (Å²) in [4.78, 5) is 12.0. The molecule has 3 atom stereocenters. The van der Waals surface area contributed by atoms with Crippen molar-refractivity contribution in [3.63, 3.8) is 0 Å². The van der Waals surface area contributed by atoms with Crippen molar-refractivity contribution in [1.82, 2.24) is 0 Å². The molecule has 0 aliphatic heterocycles. The van der Waals surface area contributed by atoms with Gasteiger partial charge in [-0.3, -0.25) is 4.79 Å². The predicted octanol–water partition coefficient (Wildman–Crippen LogP) is 4.10. The maximum atomic E-state index is 12.0. The van der Waals surface area contributed by atoms with Crippen LogP contribution in [-0.2, 0) is 9.53 Å². The van der Waals surface area contributed by atoms with Crippen LogP contribution in [0, 0.1) is 23.2 Å². The first-order chi connectivity index (χ1) is 9.17. The van der Waals surface area contributed by atoms with Gasteiger partial charge < -0.3 is 4.74 Å². The maximum absolute atomic E-state index is 12.0. The summed E-state index contributed by atoms with van der Waals surface area (Å²) in [5.41, 5.74) is 0.165. The van der Waals surface area contributed by atoms with Crippen LogP contribution in [0.25, 0.3) is 0 Å². The molecule has 2 nitrogen and oxygen atoms in total. The largest absolute Gasteiger partial charge is 0.465 e. The van der Waals surface area contributed by atoms with Gasteiger partial charge in [-0.1, -0.05) is 44.8 Å². The summed E-state index contributed by atoms with van der Waals surface area (Å²) in [6, 6.07) is 0. The van der Waals surface area contributed by atoms with Crippen molar-refractivity contribution in [2.45, 2.75) is 58.3 Å². The van der Waals surface area contributed by atoms with E-state index >= 15 is 0 Å². The normalized spacial score (nSPS) is 34.9. The highest BCUT2D eigenvalue weighted by atomic mass is 16.5. The summed E-state index contributed by atoms with van der Waals surface area (Å²) in [5, 5.41) is 0. The van der Waals surface area contributed by atoms with Gasteiger partial charge in [0.05, 0.1) is 13.0 Å². The van der Waals surface area contributed by atoms with Crippen LogP contribution in [0.1, 0.15) is 58.3 Å². The van der Waals surface area contributed by atoms with Crippen LogP contribution in [0.2, 0.25) is 0 Å². The molecule has 0 heterocycles. The summed E-state index contributed by atoms with van der Waals surface area (Å²) < 4.78 is 5.55. The maximum Gasteiger partial charge on any atom is 0.306 e. The summed E-state index contributed by atoms with van der Waals surface area (Å²) in [7, 11) is 0. The fraction of sp³-hybridized carbons (Fsp3) is 0.824. The van der Waals surface area contributed by atoms with E-state index in [0.29, 0.717) is 18.9 Å². The highest BCUT2D eigenvalue weighted by Gasteiger charge is 2.42. The molecule has 0 saturated heterocycles. The van der Waals surface area contributed by atoms with Crippen LogP contribution in [0.3, 0.4) is 0 Å². The summed E-state index contributed by atoms with van der Waals surface area (Å²) in [5.74, 6) is 2.09. The Morgan fingerprint density at radius 2 is 2.16 bits per heavy atom.